The van der Waals surface area contributed by atoms with E-state index in [1.807, 2.05) is 13.0 Å². The number of carbonyl (C=O) groups is 1. The largest absolute Gasteiger partial charge is 0.399 e. The molecular formula is C16H26N4O. The zero-order chi connectivity index (χ0) is 15.1. The number of piperidine rings is 1. The first-order valence-corrected chi connectivity index (χ1v) is 7.84. The lowest BCUT2D eigenvalue weighted by Crippen LogP contribution is -2.34. The van der Waals surface area contributed by atoms with Gasteiger partial charge in [-0.25, -0.2) is 0 Å². The molecule has 0 unspecified atom stereocenters. The highest BCUT2D eigenvalue weighted by Gasteiger charge is 2.12. The molecule has 0 radical (unpaired) electrons. The predicted molar refractivity (Wildman–Crippen MR) is 87.6 cm³/mol. The highest BCUT2D eigenvalue weighted by atomic mass is 16.1. The monoisotopic (exact) mass is 290 g/mol. The van der Waals surface area contributed by atoms with Crippen LogP contribution in [-0.2, 0) is 0 Å². The van der Waals surface area contributed by atoms with Crippen LogP contribution in [0, 0.1) is 0 Å². The molecule has 4 N–H and O–H groups in total. The van der Waals surface area contributed by atoms with E-state index >= 15 is 0 Å². The minimum atomic E-state index is -0.0574. The SMILES string of the molecule is CCNC(=O)c1ccc(N)cc1NCCN1CCCCC1. The second-order valence-corrected chi connectivity index (χ2v) is 5.49. The lowest BCUT2D eigenvalue weighted by molar-refractivity contribution is 0.0956. The predicted octanol–water partition coefficient (Wildman–Crippen LogP) is 1.92. The highest BCUT2D eigenvalue weighted by molar-refractivity contribution is 6.00. The molecule has 1 aromatic rings. The Balaban J connectivity index is 1.94. The Labute approximate surface area is 126 Å². The Morgan fingerprint density at radius 3 is 2.76 bits per heavy atom. The maximum Gasteiger partial charge on any atom is 0.253 e. The maximum absolute atomic E-state index is 12.0. The number of carbonyl (C=O) groups excluding carboxylic acids is 1. The van der Waals surface area contributed by atoms with E-state index in [-0.39, 0.29) is 5.91 Å². The Morgan fingerprint density at radius 1 is 1.29 bits per heavy atom. The second kappa shape index (κ2) is 7.88. The fourth-order valence-corrected chi connectivity index (χ4v) is 2.69. The first-order chi connectivity index (χ1) is 10.2. The Hall–Kier alpha value is -1.75. The van der Waals surface area contributed by atoms with Gasteiger partial charge in [-0.1, -0.05) is 6.42 Å². The molecule has 1 heterocycles. The van der Waals surface area contributed by atoms with Gasteiger partial charge in [-0.15, -0.1) is 0 Å². The van der Waals surface area contributed by atoms with Crippen molar-refractivity contribution in [2.24, 2.45) is 0 Å². The van der Waals surface area contributed by atoms with Crippen LogP contribution in [0.2, 0.25) is 0 Å². The van der Waals surface area contributed by atoms with Gasteiger partial charge in [0.15, 0.2) is 0 Å². The summed E-state index contributed by atoms with van der Waals surface area (Å²) in [5.41, 5.74) is 7.98. The van der Waals surface area contributed by atoms with Gasteiger partial charge < -0.3 is 21.3 Å². The molecule has 0 aliphatic carbocycles. The van der Waals surface area contributed by atoms with Crippen LogP contribution in [0.15, 0.2) is 18.2 Å². The number of rotatable bonds is 6. The molecule has 116 valence electrons. The molecule has 0 spiro atoms. The molecule has 0 atom stereocenters. The van der Waals surface area contributed by atoms with E-state index in [2.05, 4.69) is 15.5 Å². The average Bonchev–Trinajstić information content (AvgIpc) is 2.49. The molecule has 1 saturated heterocycles. The van der Waals surface area contributed by atoms with Crippen LogP contribution in [0.4, 0.5) is 11.4 Å². The summed E-state index contributed by atoms with van der Waals surface area (Å²) in [6.45, 7) is 6.73. The third-order valence-electron chi connectivity index (χ3n) is 3.82. The fraction of sp³-hybridized carbons (Fsp3) is 0.562. The van der Waals surface area contributed by atoms with Crippen molar-refractivity contribution in [1.29, 1.82) is 0 Å². The summed E-state index contributed by atoms with van der Waals surface area (Å²) in [6.07, 6.45) is 3.94. The normalized spacial score (nSPS) is 15.7. The number of hydrogen-bond acceptors (Lipinski definition) is 4. The molecule has 5 nitrogen and oxygen atoms in total. The maximum atomic E-state index is 12.0. The minimum absolute atomic E-state index is 0.0574. The average molecular weight is 290 g/mol. The number of nitrogens with one attached hydrogen (secondary N) is 2. The third kappa shape index (κ3) is 4.63. The van der Waals surface area contributed by atoms with Crippen molar-refractivity contribution in [1.82, 2.24) is 10.2 Å². The van der Waals surface area contributed by atoms with Gasteiger partial charge in [0.2, 0.25) is 0 Å². The smallest absolute Gasteiger partial charge is 0.253 e. The van der Waals surface area contributed by atoms with Crippen LogP contribution in [0.5, 0.6) is 0 Å². The number of nitrogen functional groups attached to an aromatic ring is 1. The quantitative estimate of drug-likeness (QED) is 0.700. The molecule has 1 aromatic carbocycles. The van der Waals surface area contributed by atoms with Gasteiger partial charge in [0.1, 0.15) is 0 Å². The van der Waals surface area contributed by atoms with E-state index < -0.39 is 0 Å². The van der Waals surface area contributed by atoms with Crippen molar-refractivity contribution in [3.8, 4) is 0 Å². The molecule has 21 heavy (non-hydrogen) atoms. The van der Waals surface area contributed by atoms with Crippen molar-refractivity contribution in [3.63, 3.8) is 0 Å². The number of anilines is 2. The number of likely N-dealkylation sites (tertiary alicyclic amines) is 1. The zero-order valence-corrected chi connectivity index (χ0v) is 12.8. The van der Waals surface area contributed by atoms with Gasteiger partial charge >= 0.3 is 0 Å². The van der Waals surface area contributed by atoms with Gasteiger partial charge in [-0.3, -0.25) is 4.79 Å². The molecule has 0 bridgehead atoms. The van der Waals surface area contributed by atoms with Crippen LogP contribution in [0.25, 0.3) is 0 Å². The molecule has 1 aliphatic rings. The summed E-state index contributed by atoms with van der Waals surface area (Å²) in [5, 5.41) is 6.19. The third-order valence-corrected chi connectivity index (χ3v) is 3.82. The highest BCUT2D eigenvalue weighted by Crippen LogP contribution is 2.19. The first-order valence-electron chi connectivity index (χ1n) is 7.84. The van der Waals surface area contributed by atoms with Crippen molar-refractivity contribution in [2.45, 2.75) is 26.2 Å². The molecule has 5 heteroatoms. The Morgan fingerprint density at radius 2 is 2.05 bits per heavy atom. The van der Waals surface area contributed by atoms with Gasteiger partial charge in [0.25, 0.3) is 5.91 Å². The summed E-state index contributed by atoms with van der Waals surface area (Å²) in [7, 11) is 0. The van der Waals surface area contributed by atoms with Crippen molar-refractivity contribution in [3.05, 3.63) is 23.8 Å². The van der Waals surface area contributed by atoms with Crippen molar-refractivity contribution in [2.75, 3.05) is 43.8 Å². The van der Waals surface area contributed by atoms with Crippen molar-refractivity contribution >= 4 is 17.3 Å². The molecule has 0 saturated carbocycles. The number of amides is 1. The van der Waals surface area contributed by atoms with Gasteiger partial charge in [-0.2, -0.15) is 0 Å². The van der Waals surface area contributed by atoms with Crippen LogP contribution in [0.3, 0.4) is 0 Å². The Bertz CT molecular complexity index is 469. The fourth-order valence-electron chi connectivity index (χ4n) is 2.69. The number of nitrogens with two attached hydrogens (primary N) is 1. The van der Waals surface area contributed by atoms with Gasteiger partial charge in [-0.05, 0) is 51.1 Å². The van der Waals surface area contributed by atoms with Crippen molar-refractivity contribution < 1.29 is 4.79 Å². The zero-order valence-electron chi connectivity index (χ0n) is 12.8. The Kier molecular flexibility index (Phi) is 5.87. The summed E-state index contributed by atoms with van der Waals surface area (Å²) < 4.78 is 0. The molecule has 2 rings (SSSR count). The van der Waals surface area contributed by atoms with Crippen LogP contribution >= 0.6 is 0 Å². The minimum Gasteiger partial charge on any atom is -0.399 e. The topological polar surface area (TPSA) is 70.4 Å². The molecule has 1 amide bonds. The van der Waals surface area contributed by atoms with E-state index in [9.17, 15) is 4.79 Å². The summed E-state index contributed by atoms with van der Waals surface area (Å²) >= 11 is 0. The van der Waals surface area contributed by atoms with E-state index in [0.29, 0.717) is 17.8 Å². The molecule has 1 aliphatic heterocycles. The lowest BCUT2D eigenvalue weighted by Gasteiger charge is -2.26. The molecule has 1 fully saturated rings. The number of nitrogens with zero attached hydrogens (tertiary/aromatic N) is 1. The second-order valence-electron chi connectivity index (χ2n) is 5.49. The number of benzene rings is 1. The van der Waals surface area contributed by atoms with Gasteiger partial charge in [0.05, 0.1) is 5.56 Å². The summed E-state index contributed by atoms with van der Waals surface area (Å²) in [6, 6.07) is 5.38. The van der Waals surface area contributed by atoms with E-state index in [1.54, 1.807) is 12.1 Å². The van der Waals surface area contributed by atoms with E-state index in [4.69, 9.17) is 5.73 Å². The molecule has 0 aromatic heterocycles. The van der Waals surface area contributed by atoms with Crippen LogP contribution < -0.4 is 16.4 Å². The van der Waals surface area contributed by atoms with Gasteiger partial charge in [0, 0.05) is 31.0 Å². The standard InChI is InChI=1S/C16H26N4O/c1-2-18-16(21)14-7-6-13(17)12-15(14)19-8-11-20-9-4-3-5-10-20/h6-7,12,19H,2-5,8-11,17H2,1H3,(H,18,21). The summed E-state index contributed by atoms with van der Waals surface area (Å²) in [5.74, 6) is -0.0574. The van der Waals surface area contributed by atoms with Crippen LogP contribution in [-0.4, -0.2) is 43.5 Å². The van der Waals surface area contributed by atoms with E-state index in [0.717, 1.165) is 18.8 Å². The first kappa shape index (κ1) is 15.6. The van der Waals surface area contributed by atoms with E-state index in [1.165, 1.54) is 32.4 Å². The van der Waals surface area contributed by atoms with Crippen LogP contribution in [0.1, 0.15) is 36.5 Å². The summed E-state index contributed by atoms with van der Waals surface area (Å²) in [4.78, 5) is 14.5. The lowest BCUT2D eigenvalue weighted by atomic mass is 10.1. The molecular weight excluding hydrogens is 264 g/mol. The number of hydrogen-bond donors (Lipinski definition) is 3.